The van der Waals surface area contributed by atoms with Gasteiger partial charge in [0.1, 0.15) is 11.5 Å². The van der Waals surface area contributed by atoms with Gasteiger partial charge in [-0.1, -0.05) is 81.4 Å². The molecule has 4 aromatic heterocycles. The van der Waals surface area contributed by atoms with Gasteiger partial charge in [0.15, 0.2) is 0 Å². The SMILES string of the molecule is Cc1cc2c3c(c1)-n1c4ccc(C(C)(C)C)cc4n4c5c(ccc6c5c5ccccc5n6-c5ccccc5)c(c14)B3c1nc3ccccc3nc1N2. The van der Waals surface area contributed by atoms with E-state index in [9.17, 15) is 0 Å². The molecule has 6 nitrogen and oxygen atoms in total. The fourth-order valence-electron chi connectivity index (χ4n) is 9.37. The fourth-order valence-corrected chi connectivity index (χ4v) is 9.37. The molecule has 0 atom stereocenters. The van der Waals surface area contributed by atoms with Crippen LogP contribution in [0.1, 0.15) is 31.9 Å². The third-order valence-corrected chi connectivity index (χ3v) is 11.6. The summed E-state index contributed by atoms with van der Waals surface area (Å²) in [5, 5.41) is 7.52. The molecule has 0 saturated carbocycles. The van der Waals surface area contributed by atoms with Crippen LogP contribution in [0.4, 0.5) is 11.5 Å². The Labute approximate surface area is 300 Å². The topological polar surface area (TPSA) is 52.1 Å². The molecule has 0 fully saturated rings. The van der Waals surface area contributed by atoms with Gasteiger partial charge in [0, 0.05) is 27.8 Å². The van der Waals surface area contributed by atoms with Gasteiger partial charge in [-0.15, -0.1) is 0 Å². The molecule has 0 radical (unpaired) electrons. The maximum atomic E-state index is 5.42. The molecule has 0 bridgehead atoms. The summed E-state index contributed by atoms with van der Waals surface area (Å²) in [5.41, 5.74) is 18.6. The van der Waals surface area contributed by atoms with Gasteiger partial charge in [-0.2, -0.15) is 0 Å². The highest BCUT2D eigenvalue weighted by Crippen LogP contribution is 2.43. The molecule has 0 spiro atoms. The molecular formula is C45H33BN6. The van der Waals surface area contributed by atoms with Crippen molar-refractivity contribution < 1.29 is 0 Å². The van der Waals surface area contributed by atoms with Crippen LogP contribution in [0.2, 0.25) is 0 Å². The zero-order valence-corrected chi connectivity index (χ0v) is 29.4. The Morgan fingerprint density at radius 3 is 2.21 bits per heavy atom. The highest BCUT2D eigenvalue weighted by molar-refractivity contribution is 7.01. The van der Waals surface area contributed by atoms with Crippen molar-refractivity contribution in [2.45, 2.75) is 33.1 Å². The smallest absolute Gasteiger partial charge is 0.280 e. The molecule has 0 aliphatic carbocycles. The van der Waals surface area contributed by atoms with Gasteiger partial charge in [0.2, 0.25) is 0 Å². The fraction of sp³-hybridized carbons (Fsp3) is 0.111. The number of imidazole rings is 1. The zero-order chi connectivity index (χ0) is 34.6. The Hall–Kier alpha value is -6.34. The first-order valence-corrected chi connectivity index (χ1v) is 18.1. The second-order valence-electron chi connectivity index (χ2n) is 15.7. The Morgan fingerprint density at radius 1 is 0.635 bits per heavy atom. The van der Waals surface area contributed by atoms with Crippen molar-refractivity contribution in [2.24, 2.45) is 0 Å². The quantitative estimate of drug-likeness (QED) is 0.179. The Bertz CT molecular complexity index is 3210. The minimum absolute atomic E-state index is 0.0140. The number of nitrogens with zero attached hydrogens (tertiary/aromatic N) is 5. The van der Waals surface area contributed by atoms with Crippen molar-refractivity contribution in [1.82, 2.24) is 23.5 Å². The van der Waals surface area contributed by atoms with Crippen LogP contribution in [-0.2, 0) is 5.41 Å². The highest BCUT2D eigenvalue weighted by atomic mass is 15.2. The maximum absolute atomic E-state index is 5.42. The lowest BCUT2D eigenvalue weighted by atomic mass is 9.35. The van der Waals surface area contributed by atoms with E-state index in [1.54, 1.807) is 0 Å². The number of hydrogen-bond donors (Lipinski definition) is 1. The molecule has 1 N–H and O–H groups in total. The van der Waals surface area contributed by atoms with Gasteiger partial charge in [-0.3, -0.25) is 14.0 Å². The lowest BCUT2D eigenvalue weighted by Gasteiger charge is -2.32. The van der Waals surface area contributed by atoms with E-state index in [-0.39, 0.29) is 12.1 Å². The molecule has 0 saturated heterocycles. The van der Waals surface area contributed by atoms with Crippen LogP contribution in [0.25, 0.3) is 71.8 Å². The molecule has 2 aliphatic heterocycles. The van der Waals surface area contributed by atoms with E-state index in [2.05, 4.69) is 162 Å². The zero-order valence-electron chi connectivity index (χ0n) is 29.4. The number of rotatable bonds is 1. The Morgan fingerprint density at radius 2 is 1.38 bits per heavy atom. The van der Waals surface area contributed by atoms with Crippen LogP contribution >= 0.6 is 0 Å². The molecule has 0 amide bonds. The summed E-state index contributed by atoms with van der Waals surface area (Å²) in [6.07, 6.45) is 0. The first kappa shape index (κ1) is 28.4. The lowest BCUT2D eigenvalue weighted by molar-refractivity contribution is 0.591. The van der Waals surface area contributed by atoms with Gasteiger partial charge >= 0.3 is 0 Å². The normalized spacial score (nSPS) is 13.5. The number of fused-ring (bicyclic) bond motifs is 15. The summed E-state index contributed by atoms with van der Waals surface area (Å²) in [4.78, 5) is 10.6. The predicted octanol–water partition coefficient (Wildman–Crippen LogP) is 8.57. The van der Waals surface area contributed by atoms with E-state index in [0.717, 1.165) is 33.8 Å². The molecule has 2 aliphatic rings. The molecular weight excluding hydrogens is 635 g/mol. The van der Waals surface area contributed by atoms with Crippen molar-refractivity contribution in [3.05, 3.63) is 132 Å². The molecule has 7 heteroatoms. The van der Waals surface area contributed by atoms with Crippen molar-refractivity contribution >= 4 is 95.2 Å². The molecule has 0 unspecified atom stereocenters. The standard InChI is InChI=1S/C45H33BN6/c1-25-22-32-40-37(23-25)51-34-20-18-26(45(2,3)4)24-36(34)52-41-29(39(44(51)52)46(40)42-43(49-32)48-31-16-10-9-15-30(31)47-42)19-21-35-38(41)28-14-8-11-17-33(28)50(35)27-12-6-5-7-13-27/h5-24H,1-4H3,(H,48,49). The van der Waals surface area contributed by atoms with Crippen LogP contribution < -0.4 is 21.8 Å². The number of hydrogen-bond acceptors (Lipinski definition) is 3. The largest absolute Gasteiger partial charge is 0.340 e. The monoisotopic (exact) mass is 668 g/mol. The number of benzene rings is 6. The minimum Gasteiger partial charge on any atom is -0.340 e. The van der Waals surface area contributed by atoms with Gasteiger partial charge in [-0.25, -0.2) is 4.98 Å². The summed E-state index contributed by atoms with van der Waals surface area (Å²) < 4.78 is 7.54. The van der Waals surface area contributed by atoms with Crippen molar-refractivity contribution in [1.29, 1.82) is 0 Å². The summed E-state index contributed by atoms with van der Waals surface area (Å²) in [6, 6.07) is 44.3. The van der Waals surface area contributed by atoms with Crippen LogP contribution in [0, 0.1) is 6.92 Å². The van der Waals surface area contributed by atoms with Crippen molar-refractivity contribution in [3.63, 3.8) is 0 Å². The van der Waals surface area contributed by atoms with E-state index < -0.39 is 0 Å². The average molecular weight is 669 g/mol. The Balaban J connectivity index is 1.34. The van der Waals surface area contributed by atoms with Crippen LogP contribution in [0.5, 0.6) is 0 Å². The summed E-state index contributed by atoms with van der Waals surface area (Å²) in [5.74, 6) is 0.835. The van der Waals surface area contributed by atoms with Crippen LogP contribution in [0.3, 0.4) is 0 Å². The lowest BCUT2D eigenvalue weighted by Crippen LogP contribution is -2.60. The third-order valence-electron chi connectivity index (χ3n) is 11.6. The molecule has 52 heavy (non-hydrogen) atoms. The minimum atomic E-state index is -0.106. The predicted molar refractivity (Wildman–Crippen MR) is 217 cm³/mol. The van der Waals surface area contributed by atoms with Gasteiger partial charge in [-0.05, 0) is 100 Å². The molecule has 12 rings (SSSR count). The maximum Gasteiger partial charge on any atom is 0.280 e. The number of aromatic nitrogens is 5. The number of nitrogens with one attached hydrogen (secondary N) is 1. The van der Waals surface area contributed by atoms with Gasteiger partial charge < -0.3 is 9.88 Å². The second kappa shape index (κ2) is 9.50. The second-order valence-corrected chi connectivity index (χ2v) is 15.7. The molecule has 6 heterocycles. The highest BCUT2D eigenvalue weighted by Gasteiger charge is 2.44. The molecule has 10 aromatic rings. The van der Waals surface area contributed by atoms with Gasteiger partial charge in [0.05, 0.1) is 44.2 Å². The first-order chi connectivity index (χ1) is 25.3. The van der Waals surface area contributed by atoms with E-state index >= 15 is 0 Å². The van der Waals surface area contributed by atoms with E-state index in [4.69, 9.17) is 9.97 Å². The number of aryl methyl sites for hydroxylation is 1. The number of anilines is 2. The Kier molecular flexibility index (Phi) is 5.18. The van der Waals surface area contributed by atoms with Gasteiger partial charge in [0.25, 0.3) is 6.71 Å². The number of para-hydroxylation sites is 4. The van der Waals surface area contributed by atoms with E-state index in [1.807, 2.05) is 6.07 Å². The van der Waals surface area contributed by atoms with Crippen molar-refractivity contribution in [3.8, 4) is 11.4 Å². The van der Waals surface area contributed by atoms with E-state index in [1.165, 1.54) is 77.1 Å². The molecule has 6 aromatic carbocycles. The molecule has 246 valence electrons. The van der Waals surface area contributed by atoms with Crippen LogP contribution in [0.15, 0.2) is 121 Å². The van der Waals surface area contributed by atoms with Crippen molar-refractivity contribution in [2.75, 3.05) is 5.32 Å². The van der Waals surface area contributed by atoms with E-state index in [0.29, 0.717) is 0 Å². The summed E-state index contributed by atoms with van der Waals surface area (Å²) in [6.45, 7) is 9.01. The summed E-state index contributed by atoms with van der Waals surface area (Å²) >= 11 is 0. The third kappa shape index (κ3) is 3.46. The average Bonchev–Trinajstić information content (AvgIpc) is 3.79. The van der Waals surface area contributed by atoms with Crippen LogP contribution in [-0.4, -0.2) is 30.2 Å². The summed E-state index contributed by atoms with van der Waals surface area (Å²) in [7, 11) is 0. The first-order valence-electron chi connectivity index (χ1n) is 18.1.